The third-order valence-corrected chi connectivity index (χ3v) is 7.67. The molecule has 2 aromatic rings. The molecule has 2 aromatic carbocycles. The Balaban J connectivity index is 1.75. The summed E-state index contributed by atoms with van der Waals surface area (Å²) in [5, 5.41) is 3.90. The van der Waals surface area contributed by atoms with Gasteiger partial charge in [0.1, 0.15) is 5.75 Å². The van der Waals surface area contributed by atoms with Crippen LogP contribution in [0.2, 0.25) is 5.02 Å². The van der Waals surface area contributed by atoms with E-state index in [2.05, 4.69) is 10.0 Å². The van der Waals surface area contributed by atoms with E-state index in [1.165, 1.54) is 0 Å². The van der Waals surface area contributed by atoms with Crippen LogP contribution >= 0.6 is 11.6 Å². The van der Waals surface area contributed by atoms with Gasteiger partial charge in [0.2, 0.25) is 15.9 Å². The van der Waals surface area contributed by atoms with Crippen LogP contribution in [0.5, 0.6) is 5.75 Å². The summed E-state index contributed by atoms with van der Waals surface area (Å²) in [5.74, 6) is 0.800. The minimum atomic E-state index is -3.50. The maximum Gasteiger partial charge on any atom is 0.240 e. The molecule has 0 bridgehead atoms. The number of nitrogens with zero attached hydrogens (tertiary/aromatic N) is 1. The molecule has 9 heteroatoms. The number of benzene rings is 2. The molecule has 1 fully saturated rings. The monoisotopic (exact) mass is 521 g/mol. The molecule has 192 valence electrons. The molecule has 1 amide bonds. The van der Waals surface area contributed by atoms with Crippen molar-refractivity contribution >= 4 is 27.5 Å². The maximum absolute atomic E-state index is 13.4. The summed E-state index contributed by atoms with van der Waals surface area (Å²) >= 11 is 6.27. The lowest BCUT2D eigenvalue weighted by molar-refractivity contribution is -0.133. The largest absolute Gasteiger partial charge is 0.493 e. The van der Waals surface area contributed by atoms with Crippen LogP contribution in [0.25, 0.3) is 0 Å². The summed E-state index contributed by atoms with van der Waals surface area (Å²) in [4.78, 5) is 15.5. The highest BCUT2D eigenvalue weighted by atomic mass is 35.5. The third-order valence-electron chi connectivity index (χ3n) is 5.96. The molecule has 0 aromatic heterocycles. The van der Waals surface area contributed by atoms with E-state index < -0.39 is 10.0 Å². The second-order valence-electron chi connectivity index (χ2n) is 8.80. The van der Waals surface area contributed by atoms with Crippen LogP contribution in [-0.2, 0) is 27.8 Å². The van der Waals surface area contributed by atoms with Crippen molar-refractivity contribution in [1.29, 1.82) is 0 Å². The summed E-state index contributed by atoms with van der Waals surface area (Å²) in [7, 11) is -3.50. The average molecular weight is 522 g/mol. The molecule has 1 aliphatic heterocycles. The lowest BCUT2D eigenvalue weighted by atomic mass is 10.1. The van der Waals surface area contributed by atoms with Crippen LogP contribution in [-0.4, -0.2) is 51.5 Å². The van der Waals surface area contributed by atoms with Crippen LogP contribution in [0, 0.1) is 0 Å². The molecule has 3 rings (SSSR count). The number of sulfonamides is 1. The zero-order valence-electron chi connectivity index (χ0n) is 20.6. The zero-order valence-corrected chi connectivity index (χ0v) is 22.1. The van der Waals surface area contributed by atoms with Gasteiger partial charge in [0.05, 0.1) is 17.5 Å². The summed E-state index contributed by atoms with van der Waals surface area (Å²) < 4.78 is 33.2. The van der Waals surface area contributed by atoms with Gasteiger partial charge in [-0.15, -0.1) is 0 Å². The van der Waals surface area contributed by atoms with E-state index in [9.17, 15) is 13.2 Å². The van der Waals surface area contributed by atoms with Gasteiger partial charge in [-0.1, -0.05) is 37.6 Å². The topological polar surface area (TPSA) is 87.7 Å². The van der Waals surface area contributed by atoms with E-state index in [4.69, 9.17) is 16.3 Å². The predicted molar refractivity (Wildman–Crippen MR) is 139 cm³/mol. The van der Waals surface area contributed by atoms with E-state index >= 15 is 0 Å². The van der Waals surface area contributed by atoms with Gasteiger partial charge in [-0.05, 0) is 74.5 Å². The van der Waals surface area contributed by atoms with Gasteiger partial charge in [0, 0.05) is 30.2 Å². The molecule has 7 nitrogen and oxygen atoms in total. The molecule has 0 spiro atoms. The predicted octanol–water partition coefficient (Wildman–Crippen LogP) is 4.14. The van der Waals surface area contributed by atoms with Crippen molar-refractivity contribution in [2.75, 3.05) is 26.2 Å². The number of carbonyl (C=O) groups is 1. The first-order chi connectivity index (χ1) is 16.8. The maximum atomic E-state index is 13.4. The molecule has 1 heterocycles. The Morgan fingerprint density at radius 1 is 1.17 bits per heavy atom. The zero-order chi connectivity index (χ0) is 25.3. The van der Waals surface area contributed by atoms with Gasteiger partial charge in [0.25, 0.3) is 0 Å². The first-order valence-corrected chi connectivity index (χ1v) is 14.2. The van der Waals surface area contributed by atoms with Crippen LogP contribution in [0.4, 0.5) is 0 Å². The van der Waals surface area contributed by atoms with Gasteiger partial charge >= 0.3 is 0 Å². The van der Waals surface area contributed by atoms with E-state index in [0.717, 1.165) is 49.1 Å². The van der Waals surface area contributed by atoms with Crippen molar-refractivity contribution in [2.24, 2.45) is 0 Å². The van der Waals surface area contributed by atoms with Crippen LogP contribution in [0.15, 0.2) is 47.4 Å². The molecular weight excluding hydrogens is 486 g/mol. The fourth-order valence-corrected chi connectivity index (χ4v) is 5.36. The number of halogens is 1. The van der Waals surface area contributed by atoms with Crippen LogP contribution in [0.3, 0.4) is 0 Å². The van der Waals surface area contributed by atoms with Crippen molar-refractivity contribution in [3.63, 3.8) is 0 Å². The average Bonchev–Trinajstić information content (AvgIpc) is 3.40. The first-order valence-electron chi connectivity index (χ1n) is 12.4. The molecule has 35 heavy (non-hydrogen) atoms. The van der Waals surface area contributed by atoms with Crippen molar-refractivity contribution in [1.82, 2.24) is 14.9 Å². The van der Waals surface area contributed by atoms with Gasteiger partial charge in [-0.2, -0.15) is 0 Å². The van der Waals surface area contributed by atoms with Crippen LogP contribution in [0.1, 0.15) is 50.7 Å². The Morgan fingerprint density at radius 3 is 2.60 bits per heavy atom. The molecule has 1 aliphatic rings. The van der Waals surface area contributed by atoms with E-state index in [1.54, 1.807) is 18.2 Å². The summed E-state index contributed by atoms with van der Waals surface area (Å²) in [6.07, 6.45) is 4.02. The Hall–Kier alpha value is -2.13. The number of carbonyl (C=O) groups excluding carboxylic acids is 1. The smallest absolute Gasteiger partial charge is 0.240 e. The molecule has 1 saturated heterocycles. The summed E-state index contributed by atoms with van der Waals surface area (Å²) in [6.45, 7) is 6.70. The molecule has 1 atom stereocenters. The standard InChI is InChI=1S/C26H36ClN3O4S/c1-3-14-29-35(32,33)23-10-7-20(8-11-23)13-16-30(26(31)24-6-5-15-28-24)19-21-18-22(27)9-12-25(21)34-17-4-2/h7-12,18,24,28-29H,3-6,13-17,19H2,1-2H3/t24-/m1/s1. The first kappa shape index (κ1) is 27.5. The minimum Gasteiger partial charge on any atom is -0.493 e. The minimum absolute atomic E-state index is 0.0619. The van der Waals surface area contributed by atoms with Gasteiger partial charge in [-0.3, -0.25) is 4.79 Å². The quantitative estimate of drug-likeness (QED) is 0.413. The lowest BCUT2D eigenvalue weighted by Crippen LogP contribution is -2.44. The molecular formula is C26H36ClN3O4S. The molecule has 0 radical (unpaired) electrons. The number of nitrogens with one attached hydrogen (secondary N) is 2. The lowest BCUT2D eigenvalue weighted by Gasteiger charge is -2.27. The van der Waals surface area contributed by atoms with Crippen LogP contribution < -0.4 is 14.8 Å². The van der Waals surface area contributed by atoms with Gasteiger partial charge in [-0.25, -0.2) is 13.1 Å². The molecule has 2 N–H and O–H groups in total. The molecule has 0 saturated carbocycles. The van der Waals surface area contributed by atoms with Gasteiger partial charge < -0.3 is 15.0 Å². The second-order valence-corrected chi connectivity index (χ2v) is 11.0. The highest BCUT2D eigenvalue weighted by Crippen LogP contribution is 2.26. The normalized spacial score (nSPS) is 15.8. The Morgan fingerprint density at radius 2 is 1.94 bits per heavy atom. The second kappa shape index (κ2) is 13.3. The fourth-order valence-electron chi connectivity index (χ4n) is 4.03. The highest BCUT2D eigenvalue weighted by molar-refractivity contribution is 7.89. The third kappa shape index (κ3) is 7.93. The van der Waals surface area contributed by atoms with Gasteiger partial charge in [0.15, 0.2) is 0 Å². The Bertz CT molecular complexity index is 1070. The molecule has 0 unspecified atom stereocenters. The van der Waals surface area contributed by atoms with E-state index in [0.29, 0.717) is 37.7 Å². The van der Waals surface area contributed by atoms with E-state index in [1.807, 2.05) is 43.0 Å². The highest BCUT2D eigenvalue weighted by Gasteiger charge is 2.27. The van der Waals surface area contributed by atoms with Crippen molar-refractivity contribution in [3.8, 4) is 5.75 Å². The summed E-state index contributed by atoms with van der Waals surface area (Å²) in [6, 6.07) is 12.2. The number of hydrogen-bond donors (Lipinski definition) is 2. The Labute approximate surface area is 214 Å². The number of hydrogen-bond acceptors (Lipinski definition) is 5. The number of rotatable bonds is 13. The van der Waals surface area contributed by atoms with E-state index in [-0.39, 0.29) is 16.8 Å². The van der Waals surface area contributed by atoms with Crippen molar-refractivity contribution in [3.05, 3.63) is 58.6 Å². The number of ether oxygens (including phenoxy) is 1. The SMILES string of the molecule is CCCNS(=O)(=O)c1ccc(CCN(Cc2cc(Cl)ccc2OCCC)C(=O)[C@H]2CCCN2)cc1. The Kier molecular flexibility index (Phi) is 10.4. The summed E-state index contributed by atoms with van der Waals surface area (Å²) in [5.41, 5.74) is 1.84. The molecule has 0 aliphatic carbocycles. The van der Waals surface area contributed by atoms with Crippen molar-refractivity contribution < 1.29 is 17.9 Å². The van der Waals surface area contributed by atoms with Crippen molar-refractivity contribution in [2.45, 2.75) is 63.4 Å². The fraction of sp³-hybridized carbons (Fsp3) is 0.500. The number of amides is 1.